The van der Waals surface area contributed by atoms with Crippen LogP contribution in [0.5, 0.6) is 11.6 Å². The Morgan fingerprint density at radius 3 is 2.62 bits per heavy atom. The molecule has 1 heterocycles. The molecule has 26 heavy (non-hydrogen) atoms. The van der Waals surface area contributed by atoms with Crippen LogP contribution in [0.4, 0.5) is 0 Å². The number of aromatic nitrogens is 2. The maximum Gasteiger partial charge on any atom is 0.253 e. The van der Waals surface area contributed by atoms with Gasteiger partial charge in [0.1, 0.15) is 5.75 Å². The molecule has 1 amide bonds. The van der Waals surface area contributed by atoms with E-state index in [2.05, 4.69) is 23.8 Å². The smallest absolute Gasteiger partial charge is 0.253 e. The Labute approximate surface area is 167 Å². The number of halogens is 2. The van der Waals surface area contributed by atoms with Crippen LogP contribution in [0.2, 0.25) is 0 Å². The topological polar surface area (TPSA) is 81.3 Å². The van der Waals surface area contributed by atoms with Gasteiger partial charge in [-0.05, 0) is 30.5 Å². The third-order valence-corrected chi connectivity index (χ3v) is 3.84. The van der Waals surface area contributed by atoms with Gasteiger partial charge >= 0.3 is 0 Å². The van der Waals surface area contributed by atoms with Crippen LogP contribution in [0.25, 0.3) is 0 Å². The van der Waals surface area contributed by atoms with E-state index >= 15 is 0 Å². The highest BCUT2D eigenvalue weighted by atomic mass is 35.5. The summed E-state index contributed by atoms with van der Waals surface area (Å²) in [4.78, 5) is 22.2. The molecular weight excluding hydrogens is 375 g/mol. The van der Waals surface area contributed by atoms with Crippen LogP contribution in [0.1, 0.15) is 30.6 Å². The summed E-state index contributed by atoms with van der Waals surface area (Å²) in [6.07, 6.45) is 5.42. The minimum absolute atomic E-state index is 0. The summed E-state index contributed by atoms with van der Waals surface area (Å²) in [6.45, 7) is 4.78. The average Bonchev–Trinajstić information content (AvgIpc) is 2.59. The van der Waals surface area contributed by atoms with Gasteiger partial charge in [-0.25, -0.2) is 4.98 Å². The summed E-state index contributed by atoms with van der Waals surface area (Å²) < 4.78 is 5.61. The fourth-order valence-electron chi connectivity index (χ4n) is 2.15. The minimum Gasteiger partial charge on any atom is -0.437 e. The number of nitrogens with zero attached hydrogens (tertiary/aromatic N) is 3. The molecule has 0 aliphatic carbocycles. The molecule has 0 aliphatic rings. The maximum atomic E-state index is 12.5. The molecule has 2 aromatic rings. The van der Waals surface area contributed by atoms with E-state index < -0.39 is 0 Å². The zero-order chi connectivity index (χ0) is 17.5. The first-order valence-corrected chi connectivity index (χ1v) is 8.02. The number of ether oxygens (including phenoxy) is 1. The second-order valence-electron chi connectivity index (χ2n) is 6.10. The predicted molar refractivity (Wildman–Crippen MR) is 107 cm³/mol. The fourth-order valence-corrected chi connectivity index (χ4v) is 2.15. The van der Waals surface area contributed by atoms with Crippen molar-refractivity contribution >= 4 is 30.7 Å². The van der Waals surface area contributed by atoms with E-state index in [4.69, 9.17) is 10.5 Å². The van der Waals surface area contributed by atoms with E-state index in [9.17, 15) is 4.79 Å². The number of rotatable bonds is 7. The van der Waals surface area contributed by atoms with Gasteiger partial charge in [-0.15, -0.1) is 24.8 Å². The SMILES string of the molecule is CC(C)C(N)CCN(C)C(=O)c1cccc(Oc2cnccn2)c1.Cl.Cl. The van der Waals surface area contributed by atoms with Gasteiger partial charge in [0.25, 0.3) is 5.91 Å². The lowest BCUT2D eigenvalue weighted by Crippen LogP contribution is -2.34. The lowest BCUT2D eigenvalue weighted by Gasteiger charge is -2.21. The van der Waals surface area contributed by atoms with Crippen LogP contribution in [-0.4, -0.2) is 40.4 Å². The number of hydrogen-bond donors (Lipinski definition) is 1. The largest absolute Gasteiger partial charge is 0.437 e. The Morgan fingerprint density at radius 2 is 2.00 bits per heavy atom. The van der Waals surface area contributed by atoms with Crippen molar-refractivity contribution in [1.29, 1.82) is 0 Å². The van der Waals surface area contributed by atoms with Crippen molar-refractivity contribution < 1.29 is 9.53 Å². The summed E-state index contributed by atoms with van der Waals surface area (Å²) >= 11 is 0. The number of benzene rings is 1. The highest BCUT2D eigenvalue weighted by Crippen LogP contribution is 2.20. The van der Waals surface area contributed by atoms with Crippen molar-refractivity contribution in [1.82, 2.24) is 14.9 Å². The van der Waals surface area contributed by atoms with Gasteiger partial charge in [0.2, 0.25) is 5.88 Å². The van der Waals surface area contributed by atoms with Gasteiger partial charge in [-0.2, -0.15) is 0 Å². The van der Waals surface area contributed by atoms with Crippen molar-refractivity contribution in [2.24, 2.45) is 11.7 Å². The quantitative estimate of drug-likeness (QED) is 0.767. The van der Waals surface area contributed by atoms with E-state index in [1.165, 1.54) is 6.20 Å². The first-order chi connectivity index (χ1) is 11.5. The third kappa shape index (κ3) is 7.15. The predicted octanol–water partition coefficient (Wildman–Crippen LogP) is 3.56. The molecule has 0 bridgehead atoms. The molecule has 144 valence electrons. The maximum absolute atomic E-state index is 12.5. The average molecular weight is 401 g/mol. The minimum atomic E-state index is -0.0597. The zero-order valence-electron chi connectivity index (χ0n) is 15.2. The highest BCUT2D eigenvalue weighted by Gasteiger charge is 2.15. The van der Waals surface area contributed by atoms with Crippen LogP contribution in [0.15, 0.2) is 42.9 Å². The fraction of sp³-hybridized carbons (Fsp3) is 0.389. The van der Waals surface area contributed by atoms with Gasteiger partial charge in [0.05, 0.1) is 6.20 Å². The van der Waals surface area contributed by atoms with Gasteiger partial charge in [0.15, 0.2) is 0 Å². The molecule has 6 nitrogen and oxygen atoms in total. The Bertz CT molecular complexity index is 671. The van der Waals surface area contributed by atoms with Gasteiger partial charge < -0.3 is 15.4 Å². The van der Waals surface area contributed by atoms with Gasteiger partial charge in [-0.1, -0.05) is 19.9 Å². The first-order valence-electron chi connectivity index (χ1n) is 8.02. The normalized spacial score (nSPS) is 11.1. The molecule has 0 radical (unpaired) electrons. The molecule has 8 heteroatoms. The first kappa shape index (κ1) is 24.1. The van der Waals surface area contributed by atoms with E-state index in [-0.39, 0.29) is 36.8 Å². The van der Waals surface area contributed by atoms with Gasteiger partial charge in [-0.3, -0.25) is 9.78 Å². The van der Waals surface area contributed by atoms with E-state index in [0.29, 0.717) is 29.7 Å². The van der Waals surface area contributed by atoms with E-state index in [0.717, 1.165) is 6.42 Å². The van der Waals surface area contributed by atoms with Crippen LogP contribution >= 0.6 is 24.8 Å². The Hall–Kier alpha value is -1.89. The molecule has 0 fully saturated rings. The number of carbonyl (C=O) groups excluding carboxylic acids is 1. The van der Waals surface area contributed by atoms with Crippen molar-refractivity contribution in [2.75, 3.05) is 13.6 Å². The van der Waals surface area contributed by atoms with Crippen molar-refractivity contribution in [2.45, 2.75) is 26.3 Å². The van der Waals surface area contributed by atoms with Crippen LogP contribution in [0, 0.1) is 5.92 Å². The van der Waals surface area contributed by atoms with E-state index in [1.807, 2.05) is 0 Å². The number of carbonyl (C=O) groups is 1. The summed E-state index contributed by atoms with van der Waals surface area (Å²) in [5, 5.41) is 0. The molecule has 1 aromatic carbocycles. The molecule has 0 aliphatic heterocycles. The summed E-state index contributed by atoms with van der Waals surface area (Å²) in [5.74, 6) is 1.28. The molecule has 2 N–H and O–H groups in total. The second kappa shape index (κ2) is 11.7. The molecule has 0 saturated carbocycles. The van der Waals surface area contributed by atoms with Crippen molar-refractivity contribution in [3.05, 3.63) is 48.4 Å². The van der Waals surface area contributed by atoms with Crippen LogP contribution in [-0.2, 0) is 0 Å². The molecule has 1 unspecified atom stereocenters. The Kier molecular flexibility index (Phi) is 10.8. The van der Waals surface area contributed by atoms with Gasteiger partial charge in [0, 0.05) is 37.6 Å². The summed E-state index contributed by atoms with van der Waals surface area (Å²) in [7, 11) is 1.78. The molecule has 1 aromatic heterocycles. The van der Waals surface area contributed by atoms with Crippen molar-refractivity contribution in [3.8, 4) is 11.6 Å². The third-order valence-electron chi connectivity index (χ3n) is 3.84. The monoisotopic (exact) mass is 400 g/mol. The molecule has 0 spiro atoms. The molecule has 2 rings (SSSR count). The Balaban J connectivity index is 0.00000312. The van der Waals surface area contributed by atoms with E-state index in [1.54, 1.807) is 48.6 Å². The number of nitrogens with two attached hydrogens (primary N) is 1. The Morgan fingerprint density at radius 1 is 1.27 bits per heavy atom. The highest BCUT2D eigenvalue weighted by molar-refractivity contribution is 5.94. The zero-order valence-corrected chi connectivity index (χ0v) is 16.8. The molecule has 0 saturated heterocycles. The lowest BCUT2D eigenvalue weighted by molar-refractivity contribution is 0.0789. The lowest BCUT2D eigenvalue weighted by atomic mass is 10.0. The standard InChI is InChI=1S/C18H24N4O2.2ClH/c1-13(2)16(19)7-10-22(3)18(23)14-5-4-6-15(11-14)24-17-12-20-8-9-21-17;;/h4-6,8-9,11-13,16H,7,10,19H2,1-3H3;2*1H. The summed E-state index contributed by atoms with van der Waals surface area (Å²) in [5.41, 5.74) is 6.61. The second-order valence-corrected chi connectivity index (χ2v) is 6.10. The molecule has 1 atom stereocenters. The van der Waals surface area contributed by atoms with Crippen LogP contribution < -0.4 is 10.5 Å². The number of amides is 1. The number of hydrogen-bond acceptors (Lipinski definition) is 5. The van der Waals surface area contributed by atoms with Crippen LogP contribution in [0.3, 0.4) is 0 Å². The molecular formula is C18H26Cl2N4O2. The van der Waals surface area contributed by atoms with Crippen molar-refractivity contribution in [3.63, 3.8) is 0 Å². The summed E-state index contributed by atoms with van der Waals surface area (Å²) in [6, 6.07) is 7.12.